The van der Waals surface area contributed by atoms with Gasteiger partial charge in [0.25, 0.3) is 0 Å². The predicted octanol–water partition coefficient (Wildman–Crippen LogP) is 3.77. The highest BCUT2D eigenvalue weighted by atomic mass is 16.3. The van der Waals surface area contributed by atoms with E-state index in [-0.39, 0.29) is 0 Å². The van der Waals surface area contributed by atoms with Gasteiger partial charge in [-0.3, -0.25) is 0 Å². The van der Waals surface area contributed by atoms with E-state index in [1.807, 2.05) is 41.2 Å². The molecule has 0 atom stereocenters. The summed E-state index contributed by atoms with van der Waals surface area (Å²) < 4.78 is 7.68. The van der Waals surface area contributed by atoms with Crippen LogP contribution in [0.4, 0.5) is 0 Å². The maximum absolute atomic E-state index is 5.85. The van der Waals surface area contributed by atoms with Crippen LogP contribution in [-0.2, 0) is 0 Å². The fourth-order valence-electron chi connectivity index (χ4n) is 2.28. The van der Waals surface area contributed by atoms with Crippen LogP contribution >= 0.6 is 0 Å². The highest BCUT2D eigenvalue weighted by molar-refractivity contribution is 6.05. The summed E-state index contributed by atoms with van der Waals surface area (Å²) in [4.78, 5) is 0. The average molecular weight is 234 g/mol. The molecular formula is C15H10N2O. The standard InChI is InChI=1S/C15H10N2O/c1-2-5-14-12(4-1)13-7-6-11(10-15(13)18-14)17-9-3-8-16-17/h1-10H. The molecule has 0 fully saturated rings. The summed E-state index contributed by atoms with van der Waals surface area (Å²) in [5.74, 6) is 0. The molecular weight excluding hydrogens is 224 g/mol. The quantitative estimate of drug-likeness (QED) is 0.502. The molecule has 2 aromatic heterocycles. The highest BCUT2D eigenvalue weighted by Gasteiger charge is 2.07. The first-order valence-corrected chi connectivity index (χ1v) is 5.83. The van der Waals surface area contributed by atoms with Crippen LogP contribution in [0.5, 0.6) is 0 Å². The molecule has 2 aromatic carbocycles. The number of para-hydroxylation sites is 1. The van der Waals surface area contributed by atoms with Gasteiger partial charge in [-0.25, -0.2) is 4.68 Å². The first kappa shape index (κ1) is 9.48. The lowest BCUT2D eigenvalue weighted by Gasteiger charge is -1.99. The second kappa shape index (κ2) is 3.47. The number of rotatable bonds is 1. The van der Waals surface area contributed by atoms with E-state index in [0.717, 1.165) is 27.6 Å². The summed E-state index contributed by atoms with van der Waals surface area (Å²) in [5, 5.41) is 6.51. The number of fused-ring (bicyclic) bond motifs is 3. The lowest BCUT2D eigenvalue weighted by Crippen LogP contribution is -1.92. The molecule has 0 radical (unpaired) electrons. The lowest BCUT2D eigenvalue weighted by molar-refractivity contribution is 0.668. The summed E-state index contributed by atoms with van der Waals surface area (Å²) in [6.45, 7) is 0. The van der Waals surface area contributed by atoms with Gasteiger partial charge in [-0.2, -0.15) is 5.10 Å². The Morgan fingerprint density at radius 2 is 1.78 bits per heavy atom. The molecule has 0 aliphatic heterocycles. The number of nitrogens with zero attached hydrogens (tertiary/aromatic N) is 2. The third kappa shape index (κ3) is 1.27. The number of furan rings is 1. The normalized spacial score (nSPS) is 11.3. The fourth-order valence-corrected chi connectivity index (χ4v) is 2.28. The molecule has 0 spiro atoms. The van der Waals surface area contributed by atoms with Crippen molar-refractivity contribution in [1.82, 2.24) is 9.78 Å². The van der Waals surface area contributed by atoms with Crippen molar-refractivity contribution in [3.8, 4) is 5.69 Å². The van der Waals surface area contributed by atoms with E-state index >= 15 is 0 Å². The predicted molar refractivity (Wildman–Crippen MR) is 70.8 cm³/mol. The van der Waals surface area contributed by atoms with Crippen LogP contribution in [0.2, 0.25) is 0 Å². The van der Waals surface area contributed by atoms with Crippen molar-refractivity contribution in [1.29, 1.82) is 0 Å². The van der Waals surface area contributed by atoms with Crippen LogP contribution in [0.1, 0.15) is 0 Å². The fraction of sp³-hybridized carbons (Fsp3) is 0. The highest BCUT2D eigenvalue weighted by Crippen LogP contribution is 2.29. The maximum atomic E-state index is 5.85. The Balaban J connectivity index is 2.04. The zero-order valence-corrected chi connectivity index (χ0v) is 9.58. The molecule has 0 aliphatic rings. The van der Waals surface area contributed by atoms with Gasteiger partial charge in [0.2, 0.25) is 0 Å². The molecule has 0 amide bonds. The molecule has 3 nitrogen and oxygen atoms in total. The van der Waals surface area contributed by atoms with Crippen LogP contribution < -0.4 is 0 Å². The van der Waals surface area contributed by atoms with Crippen LogP contribution in [0.25, 0.3) is 27.6 Å². The van der Waals surface area contributed by atoms with Gasteiger partial charge in [-0.05, 0) is 24.3 Å². The van der Waals surface area contributed by atoms with Crippen LogP contribution in [0.3, 0.4) is 0 Å². The third-order valence-electron chi connectivity index (χ3n) is 3.13. The number of aromatic nitrogens is 2. The molecule has 18 heavy (non-hydrogen) atoms. The smallest absolute Gasteiger partial charge is 0.137 e. The first-order chi connectivity index (χ1) is 8.92. The molecule has 3 heteroatoms. The molecule has 0 bridgehead atoms. The minimum absolute atomic E-state index is 0.893. The third-order valence-corrected chi connectivity index (χ3v) is 3.13. The number of hydrogen-bond acceptors (Lipinski definition) is 2. The Morgan fingerprint density at radius 1 is 0.889 bits per heavy atom. The number of benzene rings is 2. The van der Waals surface area contributed by atoms with Gasteiger partial charge in [-0.15, -0.1) is 0 Å². The summed E-state index contributed by atoms with van der Waals surface area (Å²) in [6, 6.07) is 16.1. The minimum atomic E-state index is 0.893. The first-order valence-electron chi connectivity index (χ1n) is 5.83. The number of hydrogen-bond donors (Lipinski definition) is 0. The van der Waals surface area contributed by atoms with E-state index in [9.17, 15) is 0 Å². The van der Waals surface area contributed by atoms with Gasteiger partial charge < -0.3 is 4.42 Å². The zero-order valence-electron chi connectivity index (χ0n) is 9.58. The van der Waals surface area contributed by atoms with Crippen molar-refractivity contribution >= 4 is 21.9 Å². The van der Waals surface area contributed by atoms with E-state index in [4.69, 9.17) is 4.42 Å². The van der Waals surface area contributed by atoms with E-state index in [1.54, 1.807) is 6.20 Å². The Hall–Kier alpha value is -2.55. The van der Waals surface area contributed by atoms with Gasteiger partial charge in [0.05, 0.1) is 5.69 Å². The van der Waals surface area contributed by atoms with Gasteiger partial charge >= 0.3 is 0 Å². The van der Waals surface area contributed by atoms with E-state index < -0.39 is 0 Å². The van der Waals surface area contributed by atoms with Gasteiger partial charge in [-0.1, -0.05) is 18.2 Å². The second-order valence-corrected chi connectivity index (χ2v) is 4.23. The molecule has 0 unspecified atom stereocenters. The molecule has 4 aromatic rings. The molecule has 0 N–H and O–H groups in total. The largest absolute Gasteiger partial charge is 0.456 e. The summed E-state index contributed by atoms with van der Waals surface area (Å²) in [6.07, 6.45) is 3.69. The minimum Gasteiger partial charge on any atom is -0.456 e. The molecule has 4 rings (SSSR count). The summed E-state index contributed by atoms with van der Waals surface area (Å²) in [7, 11) is 0. The Labute approximate surface area is 103 Å². The molecule has 2 heterocycles. The Bertz CT molecular complexity index is 828. The van der Waals surface area contributed by atoms with Crippen LogP contribution in [0.15, 0.2) is 65.3 Å². The molecule has 0 aliphatic carbocycles. The lowest BCUT2D eigenvalue weighted by atomic mass is 10.1. The maximum Gasteiger partial charge on any atom is 0.137 e. The van der Waals surface area contributed by atoms with Crippen molar-refractivity contribution < 1.29 is 4.42 Å². The van der Waals surface area contributed by atoms with Gasteiger partial charge in [0, 0.05) is 29.2 Å². The van der Waals surface area contributed by atoms with Crippen molar-refractivity contribution in [3.05, 3.63) is 60.9 Å². The Morgan fingerprint density at radius 3 is 2.67 bits per heavy atom. The SMILES string of the molecule is c1ccc2c(c1)oc1cc(-n3cccn3)ccc12. The van der Waals surface area contributed by atoms with Crippen molar-refractivity contribution in [3.63, 3.8) is 0 Å². The van der Waals surface area contributed by atoms with Crippen molar-refractivity contribution in [2.24, 2.45) is 0 Å². The van der Waals surface area contributed by atoms with Crippen molar-refractivity contribution in [2.45, 2.75) is 0 Å². The van der Waals surface area contributed by atoms with Crippen LogP contribution in [0, 0.1) is 0 Å². The Kier molecular flexibility index (Phi) is 1.83. The second-order valence-electron chi connectivity index (χ2n) is 4.23. The van der Waals surface area contributed by atoms with Crippen LogP contribution in [-0.4, -0.2) is 9.78 Å². The molecule has 0 saturated heterocycles. The van der Waals surface area contributed by atoms with Crippen molar-refractivity contribution in [2.75, 3.05) is 0 Å². The monoisotopic (exact) mass is 234 g/mol. The topological polar surface area (TPSA) is 31.0 Å². The van der Waals surface area contributed by atoms with E-state index in [1.165, 1.54) is 0 Å². The molecule has 0 saturated carbocycles. The van der Waals surface area contributed by atoms with Gasteiger partial charge in [0.15, 0.2) is 0 Å². The van der Waals surface area contributed by atoms with E-state index in [2.05, 4.69) is 23.3 Å². The average Bonchev–Trinajstić information content (AvgIpc) is 3.05. The molecule has 86 valence electrons. The van der Waals surface area contributed by atoms with E-state index in [0.29, 0.717) is 0 Å². The zero-order chi connectivity index (χ0) is 11.9. The summed E-state index contributed by atoms with van der Waals surface area (Å²) >= 11 is 0. The van der Waals surface area contributed by atoms with Gasteiger partial charge in [0.1, 0.15) is 11.2 Å². The summed E-state index contributed by atoms with van der Waals surface area (Å²) in [5.41, 5.74) is 2.82.